The van der Waals surface area contributed by atoms with Crippen molar-refractivity contribution in [2.24, 2.45) is 0 Å². The van der Waals surface area contributed by atoms with Gasteiger partial charge in [0, 0.05) is 31.9 Å². The Labute approximate surface area is 151 Å². The van der Waals surface area contributed by atoms with Crippen LogP contribution >= 0.6 is 0 Å². The Bertz CT molecular complexity index is 814. The van der Waals surface area contributed by atoms with Crippen LogP contribution in [0.2, 0.25) is 0 Å². The third-order valence-electron chi connectivity index (χ3n) is 4.33. The third kappa shape index (κ3) is 3.61. The van der Waals surface area contributed by atoms with Gasteiger partial charge in [0.05, 0.1) is 6.26 Å². The van der Waals surface area contributed by atoms with Gasteiger partial charge in [0.2, 0.25) is 5.91 Å². The Balaban J connectivity index is 1.72. The SMILES string of the molecule is CN(C)C(=O)c1cccc(NC(=O)C2CCCN2C(=O)c2ccco2)c1. The van der Waals surface area contributed by atoms with Gasteiger partial charge in [-0.2, -0.15) is 0 Å². The molecule has 7 heteroatoms. The standard InChI is InChI=1S/C19H21N3O4/c1-21(2)18(24)13-6-3-7-14(12-13)20-17(23)15-8-4-10-22(15)19(25)16-9-5-11-26-16/h3,5-7,9,11-12,15H,4,8,10H2,1-2H3,(H,20,23). The molecule has 3 amide bonds. The molecule has 0 radical (unpaired) electrons. The molecule has 2 aromatic rings. The molecule has 1 saturated heterocycles. The Kier molecular flexibility index (Phi) is 5.06. The first-order chi connectivity index (χ1) is 12.5. The zero-order valence-corrected chi connectivity index (χ0v) is 14.8. The minimum absolute atomic E-state index is 0.142. The van der Waals surface area contributed by atoms with Crippen LogP contribution in [-0.4, -0.2) is 54.2 Å². The molecule has 1 aliphatic heterocycles. The van der Waals surface area contributed by atoms with Gasteiger partial charge in [-0.3, -0.25) is 14.4 Å². The van der Waals surface area contributed by atoms with Crippen LogP contribution in [-0.2, 0) is 4.79 Å². The number of anilines is 1. The first kappa shape index (κ1) is 17.7. The number of nitrogens with zero attached hydrogens (tertiary/aromatic N) is 2. The quantitative estimate of drug-likeness (QED) is 0.912. The van der Waals surface area contributed by atoms with Crippen molar-refractivity contribution in [1.29, 1.82) is 0 Å². The van der Waals surface area contributed by atoms with Gasteiger partial charge in [-0.05, 0) is 43.2 Å². The van der Waals surface area contributed by atoms with E-state index in [0.29, 0.717) is 24.2 Å². The molecule has 1 unspecified atom stereocenters. The normalized spacial score (nSPS) is 16.4. The van der Waals surface area contributed by atoms with E-state index in [4.69, 9.17) is 4.42 Å². The van der Waals surface area contributed by atoms with Crippen molar-refractivity contribution in [2.75, 3.05) is 26.0 Å². The summed E-state index contributed by atoms with van der Waals surface area (Å²) in [4.78, 5) is 40.2. The van der Waals surface area contributed by atoms with Crippen molar-refractivity contribution < 1.29 is 18.8 Å². The van der Waals surface area contributed by atoms with Crippen molar-refractivity contribution >= 4 is 23.4 Å². The maximum Gasteiger partial charge on any atom is 0.290 e. The number of hydrogen-bond acceptors (Lipinski definition) is 4. The molecule has 0 spiro atoms. The maximum absolute atomic E-state index is 12.7. The molecule has 1 aliphatic rings. The van der Waals surface area contributed by atoms with Gasteiger partial charge in [0.15, 0.2) is 5.76 Å². The lowest BCUT2D eigenvalue weighted by Crippen LogP contribution is -2.43. The molecule has 1 fully saturated rings. The highest BCUT2D eigenvalue weighted by atomic mass is 16.3. The van der Waals surface area contributed by atoms with Crippen LogP contribution in [0.5, 0.6) is 0 Å². The summed E-state index contributed by atoms with van der Waals surface area (Å²) in [6, 6.07) is 9.44. The highest BCUT2D eigenvalue weighted by molar-refractivity contribution is 6.01. The summed E-state index contributed by atoms with van der Waals surface area (Å²) < 4.78 is 5.15. The van der Waals surface area contributed by atoms with Gasteiger partial charge in [0.1, 0.15) is 6.04 Å². The fourth-order valence-corrected chi connectivity index (χ4v) is 3.04. The highest BCUT2D eigenvalue weighted by Crippen LogP contribution is 2.22. The fraction of sp³-hybridized carbons (Fsp3) is 0.316. The molecule has 136 valence electrons. The monoisotopic (exact) mass is 355 g/mol. The van der Waals surface area contributed by atoms with Gasteiger partial charge >= 0.3 is 0 Å². The van der Waals surface area contributed by atoms with E-state index in [-0.39, 0.29) is 23.5 Å². The first-order valence-corrected chi connectivity index (χ1v) is 8.44. The van der Waals surface area contributed by atoms with Gasteiger partial charge in [-0.15, -0.1) is 0 Å². The van der Waals surface area contributed by atoms with Crippen LogP contribution in [0, 0.1) is 0 Å². The number of furan rings is 1. The second-order valence-corrected chi connectivity index (χ2v) is 6.40. The molecule has 1 atom stereocenters. The van der Waals surface area contributed by atoms with E-state index in [0.717, 1.165) is 6.42 Å². The van der Waals surface area contributed by atoms with Crippen LogP contribution in [0.3, 0.4) is 0 Å². The van der Waals surface area contributed by atoms with E-state index >= 15 is 0 Å². The number of amides is 3. The Hall–Kier alpha value is -3.09. The van der Waals surface area contributed by atoms with E-state index in [9.17, 15) is 14.4 Å². The Morgan fingerprint density at radius 3 is 2.69 bits per heavy atom. The molecule has 1 aromatic heterocycles. The third-order valence-corrected chi connectivity index (χ3v) is 4.33. The number of benzene rings is 1. The Morgan fingerprint density at radius 1 is 1.19 bits per heavy atom. The van der Waals surface area contributed by atoms with Crippen LogP contribution < -0.4 is 5.32 Å². The molecule has 3 rings (SSSR count). The molecule has 1 aromatic carbocycles. The lowest BCUT2D eigenvalue weighted by Gasteiger charge is -2.23. The summed E-state index contributed by atoms with van der Waals surface area (Å²) in [5.74, 6) is -0.471. The van der Waals surface area contributed by atoms with Crippen molar-refractivity contribution in [2.45, 2.75) is 18.9 Å². The topological polar surface area (TPSA) is 82.9 Å². The second-order valence-electron chi connectivity index (χ2n) is 6.40. The molecule has 0 aliphatic carbocycles. The summed E-state index contributed by atoms with van der Waals surface area (Å²) in [7, 11) is 3.34. The van der Waals surface area contributed by atoms with E-state index in [1.807, 2.05) is 0 Å². The van der Waals surface area contributed by atoms with Gasteiger partial charge in [0.25, 0.3) is 11.8 Å². The zero-order chi connectivity index (χ0) is 18.7. The van der Waals surface area contributed by atoms with Crippen LogP contribution in [0.25, 0.3) is 0 Å². The summed E-state index contributed by atoms with van der Waals surface area (Å²) in [6.07, 6.45) is 2.78. The number of likely N-dealkylation sites (tertiary alicyclic amines) is 1. The molecular formula is C19H21N3O4. The highest BCUT2D eigenvalue weighted by Gasteiger charge is 2.35. The summed E-state index contributed by atoms with van der Waals surface area (Å²) in [5.41, 5.74) is 1.02. The van der Waals surface area contributed by atoms with Crippen molar-refractivity contribution in [1.82, 2.24) is 9.80 Å². The second kappa shape index (κ2) is 7.43. The predicted octanol–water partition coefficient (Wildman–Crippen LogP) is 2.22. The number of carbonyl (C=O) groups is 3. The van der Waals surface area contributed by atoms with Crippen molar-refractivity contribution in [3.05, 3.63) is 54.0 Å². The van der Waals surface area contributed by atoms with Gasteiger partial charge < -0.3 is 19.5 Å². The average Bonchev–Trinajstić information content (AvgIpc) is 3.32. The van der Waals surface area contributed by atoms with Gasteiger partial charge in [-0.1, -0.05) is 6.07 Å². The number of carbonyl (C=O) groups excluding carboxylic acids is 3. The number of rotatable bonds is 4. The predicted molar refractivity (Wildman–Crippen MR) is 95.9 cm³/mol. The maximum atomic E-state index is 12.7. The lowest BCUT2D eigenvalue weighted by atomic mass is 10.1. The van der Waals surface area contributed by atoms with E-state index < -0.39 is 6.04 Å². The summed E-state index contributed by atoms with van der Waals surface area (Å²) in [6.45, 7) is 0.511. The molecule has 26 heavy (non-hydrogen) atoms. The van der Waals surface area contributed by atoms with E-state index in [1.54, 1.807) is 50.5 Å². The minimum atomic E-state index is -0.555. The minimum Gasteiger partial charge on any atom is -0.459 e. The molecule has 2 heterocycles. The van der Waals surface area contributed by atoms with Crippen molar-refractivity contribution in [3.63, 3.8) is 0 Å². The van der Waals surface area contributed by atoms with E-state index in [1.165, 1.54) is 16.1 Å². The molecule has 0 bridgehead atoms. The average molecular weight is 355 g/mol. The van der Waals surface area contributed by atoms with Crippen molar-refractivity contribution in [3.8, 4) is 0 Å². The van der Waals surface area contributed by atoms with Crippen LogP contribution in [0.4, 0.5) is 5.69 Å². The molecule has 1 N–H and O–H groups in total. The largest absolute Gasteiger partial charge is 0.459 e. The molecule has 7 nitrogen and oxygen atoms in total. The molecular weight excluding hydrogens is 334 g/mol. The lowest BCUT2D eigenvalue weighted by molar-refractivity contribution is -0.119. The number of nitrogens with one attached hydrogen (secondary N) is 1. The van der Waals surface area contributed by atoms with Gasteiger partial charge in [-0.25, -0.2) is 0 Å². The summed E-state index contributed by atoms with van der Waals surface area (Å²) in [5, 5.41) is 2.81. The Morgan fingerprint density at radius 2 is 2.00 bits per heavy atom. The number of hydrogen-bond donors (Lipinski definition) is 1. The van der Waals surface area contributed by atoms with Crippen LogP contribution in [0.15, 0.2) is 47.1 Å². The summed E-state index contributed by atoms with van der Waals surface area (Å²) >= 11 is 0. The fourth-order valence-electron chi connectivity index (χ4n) is 3.04. The van der Waals surface area contributed by atoms with Crippen LogP contribution in [0.1, 0.15) is 33.8 Å². The first-order valence-electron chi connectivity index (χ1n) is 8.44. The smallest absolute Gasteiger partial charge is 0.290 e. The molecule has 0 saturated carbocycles. The van der Waals surface area contributed by atoms with E-state index in [2.05, 4.69) is 5.32 Å². The zero-order valence-electron chi connectivity index (χ0n) is 14.8.